The number of H-pyrrole nitrogens is 1. The van der Waals surface area contributed by atoms with Gasteiger partial charge in [-0.3, -0.25) is 4.90 Å². The zero-order chi connectivity index (χ0) is 19.1. The Hall–Kier alpha value is -1.71. The van der Waals surface area contributed by atoms with Gasteiger partial charge in [0.05, 0.1) is 13.2 Å². The van der Waals surface area contributed by atoms with Gasteiger partial charge < -0.3 is 14.3 Å². The second-order valence-electron chi connectivity index (χ2n) is 6.95. The highest BCUT2D eigenvalue weighted by atomic mass is 32.1. The van der Waals surface area contributed by atoms with Gasteiger partial charge in [0.15, 0.2) is 28.0 Å². The summed E-state index contributed by atoms with van der Waals surface area (Å²) in [4.78, 5) is 5.44. The van der Waals surface area contributed by atoms with Gasteiger partial charge in [-0.1, -0.05) is 0 Å². The van der Waals surface area contributed by atoms with Crippen LogP contribution in [-0.4, -0.2) is 47.3 Å². The molecule has 0 bridgehead atoms. The molecule has 4 nitrogen and oxygen atoms in total. The molecule has 1 aromatic carbocycles. The van der Waals surface area contributed by atoms with E-state index in [1.807, 2.05) is 0 Å². The number of hydrogen-bond donors (Lipinski definition) is 1. The van der Waals surface area contributed by atoms with Crippen molar-refractivity contribution in [2.75, 3.05) is 32.8 Å². The minimum Gasteiger partial charge on any atom is -0.379 e. The second-order valence-corrected chi connectivity index (χ2v) is 7.34. The first kappa shape index (κ1) is 18.6. The van der Waals surface area contributed by atoms with Gasteiger partial charge in [0.2, 0.25) is 0 Å². The number of aromatic amines is 1. The van der Waals surface area contributed by atoms with E-state index in [1.165, 1.54) is 0 Å². The molecule has 1 saturated heterocycles. The average Bonchev–Trinajstić information content (AvgIpc) is 3.20. The van der Waals surface area contributed by atoms with Gasteiger partial charge in [-0.15, -0.1) is 0 Å². The number of nitrogens with zero attached hydrogens (tertiary/aromatic N) is 2. The van der Waals surface area contributed by atoms with Crippen LogP contribution in [0.2, 0.25) is 0 Å². The van der Waals surface area contributed by atoms with Crippen LogP contribution >= 0.6 is 12.2 Å². The van der Waals surface area contributed by atoms with Crippen LogP contribution in [0.25, 0.3) is 0 Å². The number of fused-ring (bicyclic) bond motifs is 1. The Bertz CT molecular complexity index is 894. The Morgan fingerprint density at radius 2 is 1.78 bits per heavy atom. The Labute approximate surface area is 158 Å². The SMILES string of the molecule is Fc1cc(F)c(F)c([C@H]2Cc3c(CCN4CCOCC4)[nH]c(=S)n3C2)c1F. The van der Waals surface area contributed by atoms with Crippen molar-refractivity contribution in [3.8, 4) is 0 Å². The van der Waals surface area contributed by atoms with Gasteiger partial charge in [0, 0.05) is 61.5 Å². The number of halogens is 4. The Morgan fingerprint density at radius 3 is 2.44 bits per heavy atom. The van der Waals surface area contributed by atoms with E-state index in [9.17, 15) is 17.6 Å². The van der Waals surface area contributed by atoms with Crippen molar-refractivity contribution in [2.24, 2.45) is 0 Å². The molecule has 27 heavy (non-hydrogen) atoms. The first-order valence-corrected chi connectivity index (χ1v) is 9.30. The number of imidazole rings is 1. The lowest BCUT2D eigenvalue weighted by atomic mass is 9.94. The zero-order valence-electron chi connectivity index (χ0n) is 14.5. The predicted molar refractivity (Wildman–Crippen MR) is 93.3 cm³/mol. The van der Waals surface area contributed by atoms with Crippen molar-refractivity contribution < 1.29 is 22.3 Å². The maximum atomic E-state index is 14.2. The van der Waals surface area contributed by atoms with Crippen LogP contribution < -0.4 is 0 Å². The Balaban J connectivity index is 1.57. The maximum absolute atomic E-state index is 14.2. The van der Waals surface area contributed by atoms with Crippen molar-refractivity contribution in [1.82, 2.24) is 14.5 Å². The molecule has 0 amide bonds. The standard InChI is InChI=1S/C18H19F4N3OS/c19-11-8-12(20)17(22)15(16(11)21)10-7-14-13(23-18(27)25(14)9-10)1-2-24-3-5-26-6-4-24/h8,10H,1-7,9H2,(H,23,27)/t10-/m0/s1. The van der Waals surface area contributed by atoms with Crippen LogP contribution in [-0.2, 0) is 24.1 Å². The number of ether oxygens (including phenoxy) is 1. The molecule has 1 atom stereocenters. The van der Waals surface area contributed by atoms with E-state index in [4.69, 9.17) is 17.0 Å². The number of aromatic nitrogens is 2. The van der Waals surface area contributed by atoms with Gasteiger partial charge >= 0.3 is 0 Å². The van der Waals surface area contributed by atoms with E-state index in [0.29, 0.717) is 24.4 Å². The van der Waals surface area contributed by atoms with Crippen LogP contribution in [0.5, 0.6) is 0 Å². The fraction of sp³-hybridized carbons (Fsp3) is 0.500. The zero-order valence-corrected chi connectivity index (χ0v) is 15.4. The summed E-state index contributed by atoms with van der Waals surface area (Å²) in [5.74, 6) is -6.09. The summed E-state index contributed by atoms with van der Waals surface area (Å²) in [6.07, 6.45) is 0.990. The monoisotopic (exact) mass is 401 g/mol. The van der Waals surface area contributed by atoms with Crippen LogP contribution in [0.3, 0.4) is 0 Å². The molecular formula is C18H19F4N3OS. The molecule has 0 saturated carbocycles. The number of nitrogens with one attached hydrogen (secondary N) is 1. The molecule has 0 radical (unpaired) electrons. The maximum Gasteiger partial charge on any atom is 0.177 e. The number of benzene rings is 1. The van der Waals surface area contributed by atoms with Gasteiger partial charge in [0.25, 0.3) is 0 Å². The van der Waals surface area contributed by atoms with Crippen molar-refractivity contribution in [1.29, 1.82) is 0 Å². The largest absolute Gasteiger partial charge is 0.379 e. The molecule has 4 rings (SSSR count). The normalized spacial score (nSPS) is 20.2. The highest BCUT2D eigenvalue weighted by molar-refractivity contribution is 7.71. The molecule has 2 aliphatic rings. The number of morpholine rings is 1. The smallest absolute Gasteiger partial charge is 0.177 e. The first-order chi connectivity index (χ1) is 13.0. The predicted octanol–water partition coefficient (Wildman–Crippen LogP) is 3.32. The first-order valence-electron chi connectivity index (χ1n) is 8.89. The summed E-state index contributed by atoms with van der Waals surface area (Å²) in [6, 6.07) is 0.240. The van der Waals surface area contributed by atoms with Gasteiger partial charge in [-0.25, -0.2) is 17.6 Å². The second kappa shape index (κ2) is 7.37. The van der Waals surface area contributed by atoms with Crippen LogP contribution in [0, 0.1) is 28.0 Å². The minimum absolute atomic E-state index is 0.193. The average molecular weight is 401 g/mol. The summed E-state index contributed by atoms with van der Waals surface area (Å²) in [5.41, 5.74) is 1.22. The van der Waals surface area contributed by atoms with E-state index in [2.05, 4.69) is 9.88 Å². The fourth-order valence-corrected chi connectivity index (χ4v) is 4.25. The topological polar surface area (TPSA) is 33.2 Å². The van der Waals surface area contributed by atoms with Crippen molar-refractivity contribution in [3.05, 3.63) is 51.1 Å². The van der Waals surface area contributed by atoms with Crippen LogP contribution in [0.15, 0.2) is 6.07 Å². The lowest BCUT2D eigenvalue weighted by Gasteiger charge is -2.26. The minimum atomic E-state index is -1.38. The lowest BCUT2D eigenvalue weighted by Crippen LogP contribution is -2.37. The molecule has 9 heteroatoms. The molecule has 2 aromatic rings. The molecule has 0 spiro atoms. The summed E-state index contributed by atoms with van der Waals surface area (Å²) < 4.78 is 63.1. The van der Waals surface area contributed by atoms with Gasteiger partial charge in [0.1, 0.15) is 0 Å². The van der Waals surface area contributed by atoms with E-state index in [1.54, 1.807) is 4.57 Å². The number of hydrogen-bond acceptors (Lipinski definition) is 3. The van der Waals surface area contributed by atoms with E-state index in [0.717, 1.165) is 31.0 Å². The molecule has 1 N–H and O–H groups in total. The summed E-state index contributed by atoms with van der Waals surface area (Å²) in [5, 5.41) is 0. The third kappa shape index (κ3) is 3.43. The molecule has 3 heterocycles. The van der Waals surface area contributed by atoms with Gasteiger partial charge in [-0.2, -0.15) is 0 Å². The Kier molecular flexibility index (Phi) is 5.09. The van der Waals surface area contributed by atoms with Gasteiger partial charge in [-0.05, 0) is 18.6 Å². The summed E-state index contributed by atoms with van der Waals surface area (Å²) >= 11 is 5.33. The molecule has 0 unspecified atom stereocenters. The highest BCUT2D eigenvalue weighted by Crippen LogP contribution is 2.36. The van der Waals surface area contributed by atoms with E-state index in [-0.39, 0.29) is 19.0 Å². The molecule has 0 aliphatic carbocycles. The third-order valence-electron chi connectivity index (χ3n) is 5.36. The van der Waals surface area contributed by atoms with E-state index >= 15 is 0 Å². The van der Waals surface area contributed by atoms with E-state index < -0.39 is 34.8 Å². The van der Waals surface area contributed by atoms with Crippen LogP contribution in [0.4, 0.5) is 17.6 Å². The highest BCUT2D eigenvalue weighted by Gasteiger charge is 2.33. The molecule has 146 valence electrons. The van der Waals surface area contributed by atoms with Crippen molar-refractivity contribution >= 4 is 12.2 Å². The van der Waals surface area contributed by atoms with Crippen molar-refractivity contribution in [2.45, 2.75) is 25.3 Å². The van der Waals surface area contributed by atoms with Crippen LogP contribution in [0.1, 0.15) is 22.9 Å². The van der Waals surface area contributed by atoms with Crippen molar-refractivity contribution in [3.63, 3.8) is 0 Å². The quantitative estimate of drug-likeness (QED) is 0.485. The number of rotatable bonds is 4. The molecule has 1 aromatic heterocycles. The summed E-state index contributed by atoms with van der Waals surface area (Å²) in [7, 11) is 0. The summed E-state index contributed by atoms with van der Waals surface area (Å²) in [6.45, 7) is 4.13. The molecule has 1 fully saturated rings. The fourth-order valence-electron chi connectivity index (χ4n) is 3.94. The lowest BCUT2D eigenvalue weighted by molar-refractivity contribution is 0.0383. The third-order valence-corrected chi connectivity index (χ3v) is 5.68. The molecule has 2 aliphatic heterocycles. The Morgan fingerprint density at radius 1 is 1.11 bits per heavy atom. The molecular weight excluding hydrogens is 382 g/mol.